The van der Waals surface area contributed by atoms with Crippen LogP contribution in [0, 0.1) is 0 Å². The van der Waals surface area contributed by atoms with Gasteiger partial charge >= 0.3 is 12.0 Å². The van der Waals surface area contributed by atoms with Crippen LogP contribution in [-0.2, 0) is 16.1 Å². The van der Waals surface area contributed by atoms with E-state index in [1.807, 2.05) is 42.5 Å². The predicted octanol–water partition coefficient (Wildman–Crippen LogP) is 6.25. The van der Waals surface area contributed by atoms with Gasteiger partial charge in [0.2, 0.25) is 0 Å². The van der Waals surface area contributed by atoms with Crippen LogP contribution in [0.25, 0.3) is 10.8 Å². The Hall–Kier alpha value is -4.97. The van der Waals surface area contributed by atoms with Crippen molar-refractivity contribution in [1.82, 2.24) is 16.1 Å². The van der Waals surface area contributed by atoms with E-state index in [0.29, 0.717) is 50.7 Å². The smallest absolute Gasteiger partial charge is 0.337 e. The maximum atomic E-state index is 12.5. The van der Waals surface area contributed by atoms with Gasteiger partial charge in [-0.15, -0.1) is 0 Å². The number of amides is 2. The third-order valence-electron chi connectivity index (χ3n) is 7.38. The highest BCUT2D eigenvalue weighted by Gasteiger charge is 2.32. The standard InChI is InChI=1S/C35H34Cl2N4O7/c1-4-46-29-16-23(32-31(34(43)45-3)20(2)39-35(44)40-32)12-13-28(29)47-19-30(42)41-38-17-21-14-26(36)33(27(37)15-21)48-18-24-10-7-9-22-8-5-6-11-25(22)24/h5-17,30,32,41-42H,4,18-19H2,1-3H3,(H2,39,40,44)/b38-17-/t30-,32+/m1/s1. The summed E-state index contributed by atoms with van der Waals surface area (Å²) < 4.78 is 22.5. The highest BCUT2D eigenvalue weighted by Crippen LogP contribution is 2.36. The molecule has 2 amide bonds. The molecule has 0 spiro atoms. The number of nitrogens with one attached hydrogen (secondary N) is 3. The lowest BCUT2D eigenvalue weighted by Gasteiger charge is -2.28. The summed E-state index contributed by atoms with van der Waals surface area (Å²) in [4.78, 5) is 24.6. The summed E-state index contributed by atoms with van der Waals surface area (Å²) in [6, 6.07) is 21.1. The Bertz CT molecular complexity index is 1850. The molecule has 0 radical (unpaired) electrons. The number of nitrogens with zero attached hydrogens (tertiary/aromatic N) is 1. The number of methoxy groups -OCH3 is 1. The third-order valence-corrected chi connectivity index (χ3v) is 7.94. The zero-order valence-corrected chi connectivity index (χ0v) is 27.9. The summed E-state index contributed by atoms with van der Waals surface area (Å²) in [6.07, 6.45) is 0.266. The normalized spacial score (nSPS) is 15.1. The number of rotatable bonds is 13. The molecular formula is C35H34Cl2N4O7. The van der Waals surface area contributed by atoms with E-state index >= 15 is 0 Å². The first-order valence-electron chi connectivity index (χ1n) is 15.0. The fourth-order valence-corrected chi connectivity index (χ4v) is 5.79. The molecule has 0 saturated carbocycles. The molecule has 1 aliphatic rings. The van der Waals surface area contributed by atoms with Crippen LogP contribution in [0.3, 0.4) is 0 Å². The van der Waals surface area contributed by atoms with E-state index in [0.717, 1.165) is 16.3 Å². The van der Waals surface area contributed by atoms with E-state index in [9.17, 15) is 14.7 Å². The molecule has 0 unspecified atom stereocenters. The largest absolute Gasteiger partial charge is 0.490 e. The molecule has 11 nitrogen and oxygen atoms in total. The van der Waals surface area contributed by atoms with Gasteiger partial charge in [-0.1, -0.05) is 71.7 Å². The van der Waals surface area contributed by atoms with Crippen LogP contribution >= 0.6 is 23.2 Å². The Morgan fingerprint density at radius 2 is 1.77 bits per heavy atom. The molecule has 250 valence electrons. The van der Waals surface area contributed by atoms with Crippen molar-refractivity contribution in [1.29, 1.82) is 0 Å². The first kappa shape index (κ1) is 34.4. The average molecular weight is 694 g/mol. The molecule has 5 rings (SSSR count). The molecule has 2 atom stereocenters. The van der Waals surface area contributed by atoms with Crippen molar-refractivity contribution in [2.45, 2.75) is 32.7 Å². The van der Waals surface area contributed by atoms with Crippen LogP contribution < -0.4 is 30.3 Å². The highest BCUT2D eigenvalue weighted by molar-refractivity contribution is 6.37. The van der Waals surface area contributed by atoms with Gasteiger partial charge in [0.15, 0.2) is 23.5 Å². The van der Waals surface area contributed by atoms with E-state index in [1.54, 1.807) is 44.2 Å². The lowest BCUT2D eigenvalue weighted by molar-refractivity contribution is -0.136. The van der Waals surface area contributed by atoms with Gasteiger partial charge in [-0.3, -0.25) is 5.43 Å². The first-order valence-corrected chi connectivity index (χ1v) is 15.7. The molecule has 0 saturated heterocycles. The summed E-state index contributed by atoms with van der Waals surface area (Å²) in [6.45, 7) is 3.85. The second kappa shape index (κ2) is 15.7. The number of esters is 1. The number of aliphatic hydroxyl groups excluding tert-OH is 1. The maximum absolute atomic E-state index is 12.5. The van der Waals surface area contributed by atoms with Crippen LogP contribution in [0.5, 0.6) is 17.2 Å². The molecule has 4 N–H and O–H groups in total. The molecule has 4 aromatic rings. The van der Waals surface area contributed by atoms with Crippen LogP contribution in [0.1, 0.15) is 36.6 Å². The summed E-state index contributed by atoms with van der Waals surface area (Å²) in [5, 5.41) is 22.7. The molecule has 0 bridgehead atoms. The molecule has 4 aromatic carbocycles. The average Bonchev–Trinajstić information content (AvgIpc) is 3.07. The lowest BCUT2D eigenvalue weighted by atomic mass is 9.95. The number of fused-ring (bicyclic) bond motifs is 1. The lowest BCUT2D eigenvalue weighted by Crippen LogP contribution is -2.45. The summed E-state index contributed by atoms with van der Waals surface area (Å²) >= 11 is 13.0. The number of halogens is 2. The number of hydrogen-bond acceptors (Lipinski definition) is 9. The minimum Gasteiger partial charge on any atom is -0.490 e. The number of allylic oxidation sites excluding steroid dienone is 1. The topological polar surface area (TPSA) is 140 Å². The number of aliphatic hydroxyl groups is 1. The zero-order valence-electron chi connectivity index (χ0n) is 26.4. The van der Waals surface area contributed by atoms with Crippen molar-refractivity contribution in [3.8, 4) is 17.2 Å². The van der Waals surface area contributed by atoms with Gasteiger partial charge in [-0.05, 0) is 65.6 Å². The molecule has 1 aliphatic heterocycles. The van der Waals surface area contributed by atoms with Crippen molar-refractivity contribution in [3.63, 3.8) is 0 Å². The number of carbonyl (C=O) groups is 2. The van der Waals surface area contributed by atoms with Crippen LogP contribution in [-0.4, -0.2) is 49.9 Å². The fraction of sp³-hybridized carbons (Fsp3) is 0.229. The van der Waals surface area contributed by atoms with Gasteiger partial charge in [0.1, 0.15) is 13.2 Å². The minimum atomic E-state index is -1.19. The van der Waals surface area contributed by atoms with Crippen molar-refractivity contribution in [3.05, 3.63) is 111 Å². The summed E-state index contributed by atoms with van der Waals surface area (Å²) in [5.41, 5.74) is 5.40. The Labute approximate surface area is 287 Å². The Morgan fingerprint density at radius 1 is 1.02 bits per heavy atom. The number of urea groups is 1. The fourth-order valence-electron chi connectivity index (χ4n) is 5.18. The molecular weight excluding hydrogens is 659 g/mol. The van der Waals surface area contributed by atoms with Crippen molar-refractivity contribution >= 4 is 52.2 Å². The van der Waals surface area contributed by atoms with Crippen molar-refractivity contribution < 1.29 is 33.6 Å². The van der Waals surface area contributed by atoms with Gasteiger partial charge in [0.05, 0.1) is 41.6 Å². The second-order valence-electron chi connectivity index (χ2n) is 10.7. The van der Waals surface area contributed by atoms with E-state index in [2.05, 4.69) is 21.2 Å². The number of carbonyl (C=O) groups excluding carboxylic acids is 2. The number of hydrogen-bond donors (Lipinski definition) is 4. The van der Waals surface area contributed by atoms with E-state index in [1.165, 1.54) is 13.3 Å². The van der Waals surface area contributed by atoms with E-state index in [4.69, 9.17) is 42.1 Å². The van der Waals surface area contributed by atoms with Gasteiger partial charge in [-0.2, -0.15) is 5.10 Å². The van der Waals surface area contributed by atoms with Crippen LogP contribution in [0.4, 0.5) is 4.79 Å². The molecule has 0 fully saturated rings. The predicted molar refractivity (Wildman–Crippen MR) is 184 cm³/mol. The monoisotopic (exact) mass is 692 g/mol. The Kier molecular flexibility index (Phi) is 11.3. The first-order chi connectivity index (χ1) is 23.2. The van der Waals surface area contributed by atoms with E-state index in [-0.39, 0.29) is 18.8 Å². The molecule has 1 heterocycles. The Morgan fingerprint density at radius 3 is 2.52 bits per heavy atom. The van der Waals surface area contributed by atoms with Crippen LogP contribution in [0.15, 0.2) is 89.2 Å². The molecule has 0 aliphatic carbocycles. The van der Waals surface area contributed by atoms with Crippen LogP contribution in [0.2, 0.25) is 10.0 Å². The number of ether oxygens (including phenoxy) is 4. The number of benzene rings is 4. The van der Waals surface area contributed by atoms with E-state index < -0.39 is 24.3 Å². The zero-order chi connectivity index (χ0) is 34.2. The maximum Gasteiger partial charge on any atom is 0.337 e. The van der Waals surface area contributed by atoms with Gasteiger partial charge in [0.25, 0.3) is 0 Å². The SMILES string of the molecule is CCOc1cc([C@@H]2NC(=O)NC(C)=C2C(=O)OC)ccc1OC[C@@H](O)N/N=C\c1cc(Cl)c(OCc2cccc3ccccc23)c(Cl)c1. The molecule has 0 aromatic heterocycles. The minimum absolute atomic E-state index is 0.185. The van der Waals surface area contributed by atoms with Gasteiger partial charge in [0, 0.05) is 5.70 Å². The summed E-state index contributed by atoms with van der Waals surface area (Å²) in [5.74, 6) is 0.468. The summed E-state index contributed by atoms with van der Waals surface area (Å²) in [7, 11) is 1.27. The molecule has 13 heteroatoms. The van der Waals surface area contributed by atoms with Gasteiger partial charge < -0.3 is 34.7 Å². The van der Waals surface area contributed by atoms with Gasteiger partial charge in [-0.25, -0.2) is 9.59 Å². The number of hydrazone groups is 1. The quantitative estimate of drug-likeness (QED) is 0.0559. The molecule has 48 heavy (non-hydrogen) atoms. The van der Waals surface area contributed by atoms with Crippen molar-refractivity contribution in [2.75, 3.05) is 20.3 Å². The second-order valence-corrected chi connectivity index (χ2v) is 11.5. The third kappa shape index (κ3) is 8.11. The van der Waals surface area contributed by atoms with Crippen molar-refractivity contribution in [2.24, 2.45) is 5.10 Å². The Balaban J connectivity index is 1.19. The highest BCUT2D eigenvalue weighted by atomic mass is 35.5.